The number of aliphatic hydroxyl groups excluding tert-OH is 3. The van der Waals surface area contributed by atoms with Gasteiger partial charge in [-0.05, 0) is 13.8 Å². The highest BCUT2D eigenvalue weighted by atomic mass is 16.6. The Morgan fingerprint density at radius 2 is 1.91 bits per heavy atom. The number of fused-ring (bicyclic) bond motifs is 1. The second-order valence-corrected chi connectivity index (χ2v) is 5.42. The molecule has 2 aromatic heterocycles. The largest absolute Gasteiger partial charge is 0.394 e. The molecule has 3 heterocycles. The van der Waals surface area contributed by atoms with Crippen LogP contribution in [0, 0.1) is 0 Å². The summed E-state index contributed by atoms with van der Waals surface area (Å²) in [5.41, 5.74) is 1.12. The molecule has 126 valence electrons. The fourth-order valence-electron chi connectivity index (χ4n) is 2.89. The van der Waals surface area contributed by atoms with Crippen LogP contribution in [0.5, 0.6) is 0 Å². The zero-order valence-electron chi connectivity index (χ0n) is 13.1. The number of hydrogen-bond donors (Lipinski definition) is 3. The maximum Gasteiger partial charge on any atom is 0.167 e. The van der Waals surface area contributed by atoms with Gasteiger partial charge in [-0.1, -0.05) is 0 Å². The lowest BCUT2D eigenvalue weighted by Crippen LogP contribution is -2.33. The van der Waals surface area contributed by atoms with Crippen LogP contribution in [0.1, 0.15) is 20.1 Å². The number of ether oxygens (including phenoxy) is 1. The summed E-state index contributed by atoms with van der Waals surface area (Å²) in [7, 11) is 0. The molecular formula is C14H21N5O4. The Bertz CT molecular complexity index is 674. The molecule has 1 aliphatic heterocycles. The summed E-state index contributed by atoms with van der Waals surface area (Å²) in [5.74, 6) is 0.713. The Balaban J connectivity index is 2.02. The Morgan fingerprint density at radius 3 is 2.52 bits per heavy atom. The molecule has 3 N–H and O–H groups in total. The lowest BCUT2D eigenvalue weighted by Gasteiger charge is -2.20. The monoisotopic (exact) mass is 323 g/mol. The summed E-state index contributed by atoms with van der Waals surface area (Å²) in [6, 6.07) is 0. The van der Waals surface area contributed by atoms with Crippen LogP contribution < -0.4 is 4.90 Å². The number of aliphatic hydroxyl groups is 3. The lowest BCUT2D eigenvalue weighted by molar-refractivity contribution is -0.0511. The third-order valence-corrected chi connectivity index (χ3v) is 4.19. The van der Waals surface area contributed by atoms with Gasteiger partial charge in [0, 0.05) is 13.1 Å². The number of rotatable bonds is 5. The summed E-state index contributed by atoms with van der Waals surface area (Å²) < 4.78 is 7.10. The van der Waals surface area contributed by atoms with Crippen molar-refractivity contribution in [1.29, 1.82) is 0 Å². The molecule has 0 unspecified atom stereocenters. The summed E-state index contributed by atoms with van der Waals surface area (Å²) in [4.78, 5) is 14.9. The van der Waals surface area contributed by atoms with E-state index in [-0.39, 0.29) is 6.61 Å². The SMILES string of the molecule is CCN(CC)c1ncnc2c1ncn2[C@@H]1O[C@H](CO)[C@H](O)[C@@H]1O. The zero-order valence-corrected chi connectivity index (χ0v) is 13.1. The number of imidazole rings is 1. The Labute approximate surface area is 133 Å². The van der Waals surface area contributed by atoms with Crippen molar-refractivity contribution >= 4 is 17.0 Å². The minimum absolute atomic E-state index is 0.374. The van der Waals surface area contributed by atoms with Gasteiger partial charge in [0.25, 0.3) is 0 Å². The van der Waals surface area contributed by atoms with E-state index in [9.17, 15) is 15.3 Å². The summed E-state index contributed by atoms with van der Waals surface area (Å²) >= 11 is 0. The van der Waals surface area contributed by atoms with Crippen LogP contribution in [0.2, 0.25) is 0 Å². The average molecular weight is 323 g/mol. The molecule has 2 aromatic rings. The lowest BCUT2D eigenvalue weighted by atomic mass is 10.1. The van der Waals surface area contributed by atoms with Crippen molar-refractivity contribution in [2.24, 2.45) is 0 Å². The summed E-state index contributed by atoms with van der Waals surface area (Å²) in [6.07, 6.45) is -1.08. The highest BCUT2D eigenvalue weighted by Crippen LogP contribution is 2.32. The molecule has 1 saturated heterocycles. The molecule has 3 rings (SSSR count). The Kier molecular flexibility index (Phi) is 4.44. The number of hydrogen-bond acceptors (Lipinski definition) is 8. The number of nitrogens with zero attached hydrogens (tertiary/aromatic N) is 5. The molecule has 23 heavy (non-hydrogen) atoms. The van der Waals surface area contributed by atoms with Gasteiger partial charge in [0.2, 0.25) is 0 Å². The quantitative estimate of drug-likeness (QED) is 0.660. The van der Waals surface area contributed by atoms with E-state index in [1.54, 1.807) is 4.57 Å². The van der Waals surface area contributed by atoms with Crippen molar-refractivity contribution in [3.8, 4) is 0 Å². The van der Waals surface area contributed by atoms with Crippen LogP contribution in [-0.4, -0.2) is 72.8 Å². The molecule has 0 saturated carbocycles. The van der Waals surface area contributed by atoms with Gasteiger partial charge in [-0.15, -0.1) is 0 Å². The molecule has 0 bridgehead atoms. The van der Waals surface area contributed by atoms with E-state index in [4.69, 9.17) is 4.74 Å². The Morgan fingerprint density at radius 1 is 1.17 bits per heavy atom. The van der Waals surface area contributed by atoms with Gasteiger partial charge in [0.1, 0.15) is 24.6 Å². The normalized spacial score (nSPS) is 27.7. The highest BCUT2D eigenvalue weighted by molar-refractivity contribution is 5.83. The molecule has 4 atom stereocenters. The minimum atomic E-state index is -1.17. The average Bonchev–Trinajstić information content (AvgIpc) is 3.11. The van der Waals surface area contributed by atoms with E-state index in [0.717, 1.165) is 13.1 Å². The molecule has 1 aliphatic rings. The van der Waals surface area contributed by atoms with Gasteiger partial charge in [-0.25, -0.2) is 15.0 Å². The van der Waals surface area contributed by atoms with Crippen LogP contribution in [0.15, 0.2) is 12.7 Å². The zero-order chi connectivity index (χ0) is 16.6. The van der Waals surface area contributed by atoms with E-state index in [1.165, 1.54) is 12.7 Å². The Hall–Kier alpha value is -1.81. The van der Waals surface area contributed by atoms with E-state index < -0.39 is 24.5 Å². The van der Waals surface area contributed by atoms with Crippen molar-refractivity contribution in [1.82, 2.24) is 19.5 Å². The maximum atomic E-state index is 10.2. The molecule has 9 heteroatoms. The van der Waals surface area contributed by atoms with Crippen LogP contribution in [0.25, 0.3) is 11.2 Å². The fraction of sp³-hybridized carbons (Fsp3) is 0.643. The minimum Gasteiger partial charge on any atom is -0.394 e. The van der Waals surface area contributed by atoms with Crippen LogP contribution in [0.4, 0.5) is 5.82 Å². The van der Waals surface area contributed by atoms with Crippen molar-refractivity contribution < 1.29 is 20.1 Å². The van der Waals surface area contributed by atoms with E-state index >= 15 is 0 Å². The molecule has 0 spiro atoms. The third-order valence-electron chi connectivity index (χ3n) is 4.19. The predicted molar refractivity (Wildman–Crippen MR) is 81.9 cm³/mol. The maximum absolute atomic E-state index is 10.2. The van der Waals surface area contributed by atoms with Gasteiger partial charge < -0.3 is 25.0 Å². The van der Waals surface area contributed by atoms with Gasteiger partial charge in [-0.2, -0.15) is 0 Å². The molecule has 0 aromatic carbocycles. The smallest absolute Gasteiger partial charge is 0.167 e. The molecule has 0 amide bonds. The first kappa shape index (κ1) is 16.1. The molecule has 0 radical (unpaired) electrons. The second-order valence-electron chi connectivity index (χ2n) is 5.42. The van der Waals surface area contributed by atoms with Crippen molar-refractivity contribution in [3.63, 3.8) is 0 Å². The van der Waals surface area contributed by atoms with Gasteiger partial charge in [0.05, 0.1) is 12.9 Å². The van der Waals surface area contributed by atoms with Crippen LogP contribution >= 0.6 is 0 Å². The summed E-state index contributed by atoms with van der Waals surface area (Å²) in [6.45, 7) is 5.24. The van der Waals surface area contributed by atoms with Crippen molar-refractivity contribution in [3.05, 3.63) is 12.7 Å². The topological polar surface area (TPSA) is 117 Å². The van der Waals surface area contributed by atoms with Crippen LogP contribution in [-0.2, 0) is 4.74 Å². The molecule has 0 aliphatic carbocycles. The first-order valence-electron chi connectivity index (χ1n) is 7.67. The van der Waals surface area contributed by atoms with E-state index in [1.807, 2.05) is 13.8 Å². The van der Waals surface area contributed by atoms with E-state index in [0.29, 0.717) is 17.0 Å². The first-order valence-corrected chi connectivity index (χ1v) is 7.67. The number of aromatic nitrogens is 4. The molecule has 1 fully saturated rings. The second kappa shape index (κ2) is 6.36. The highest BCUT2D eigenvalue weighted by Gasteiger charge is 2.44. The third kappa shape index (κ3) is 2.55. The van der Waals surface area contributed by atoms with Gasteiger partial charge in [0.15, 0.2) is 23.2 Å². The molecular weight excluding hydrogens is 302 g/mol. The van der Waals surface area contributed by atoms with Crippen molar-refractivity contribution in [2.75, 3.05) is 24.6 Å². The van der Waals surface area contributed by atoms with Crippen LogP contribution in [0.3, 0.4) is 0 Å². The summed E-state index contributed by atoms with van der Waals surface area (Å²) in [5, 5.41) is 29.3. The van der Waals surface area contributed by atoms with E-state index in [2.05, 4.69) is 19.9 Å². The standard InChI is InChI=1S/C14H21N5O4/c1-3-18(4-2)12-9-13(16-6-15-12)19(7-17-9)14-11(22)10(21)8(5-20)23-14/h6-8,10-11,14,20-22H,3-5H2,1-2H3/t8-,10+,11+,14-/m1/s1. The first-order chi connectivity index (χ1) is 11.1. The van der Waals surface area contributed by atoms with Gasteiger partial charge >= 0.3 is 0 Å². The van der Waals surface area contributed by atoms with Crippen molar-refractivity contribution in [2.45, 2.75) is 38.4 Å². The fourth-order valence-corrected chi connectivity index (χ4v) is 2.89. The number of anilines is 1. The predicted octanol–water partition coefficient (Wildman–Crippen LogP) is -0.716. The molecule has 9 nitrogen and oxygen atoms in total. The van der Waals surface area contributed by atoms with Gasteiger partial charge in [-0.3, -0.25) is 4.57 Å².